The lowest BCUT2D eigenvalue weighted by molar-refractivity contribution is 0.323. The highest BCUT2D eigenvalue weighted by molar-refractivity contribution is 5.21. The molecule has 1 rings (SSSR count). The van der Waals surface area contributed by atoms with Crippen LogP contribution < -0.4 is 0 Å². The summed E-state index contributed by atoms with van der Waals surface area (Å²) in [6, 6.07) is 0. The van der Waals surface area contributed by atoms with E-state index in [2.05, 4.69) is 39.0 Å². The van der Waals surface area contributed by atoms with Gasteiger partial charge in [-0.15, -0.1) is 0 Å². The molecule has 0 heterocycles. The van der Waals surface area contributed by atoms with Gasteiger partial charge < -0.3 is 0 Å². The van der Waals surface area contributed by atoms with Crippen molar-refractivity contribution in [2.24, 2.45) is 11.8 Å². The standard InChI is InChI=1S/C13H22/c1-4-6-12(5-2)13-9-7-11(3)8-10-13/h4-6,11,13H,7-10H2,1-3H3/b6-4-,12-5+. The van der Waals surface area contributed by atoms with Crippen molar-refractivity contribution in [3.63, 3.8) is 0 Å². The molecule has 0 unspecified atom stereocenters. The number of allylic oxidation sites excluding steroid dienone is 4. The molecule has 0 aromatic rings. The Labute approximate surface area is 82.7 Å². The molecule has 0 aromatic carbocycles. The molecule has 1 aliphatic rings. The molecule has 0 amide bonds. The summed E-state index contributed by atoms with van der Waals surface area (Å²) in [5.41, 5.74) is 1.55. The molecule has 0 spiro atoms. The highest BCUT2D eigenvalue weighted by Gasteiger charge is 2.19. The summed E-state index contributed by atoms with van der Waals surface area (Å²) >= 11 is 0. The Hall–Kier alpha value is -0.520. The van der Waals surface area contributed by atoms with E-state index in [1.807, 2.05) is 0 Å². The lowest BCUT2D eigenvalue weighted by Gasteiger charge is -2.27. The van der Waals surface area contributed by atoms with Gasteiger partial charge in [-0.25, -0.2) is 0 Å². The minimum atomic E-state index is 0.845. The van der Waals surface area contributed by atoms with E-state index in [0.29, 0.717) is 0 Å². The summed E-state index contributed by atoms with van der Waals surface area (Å²) in [5, 5.41) is 0. The van der Waals surface area contributed by atoms with E-state index in [9.17, 15) is 0 Å². The second-order valence-corrected chi connectivity index (χ2v) is 4.25. The summed E-state index contributed by atoms with van der Waals surface area (Å²) < 4.78 is 0. The van der Waals surface area contributed by atoms with Gasteiger partial charge in [-0.3, -0.25) is 0 Å². The third-order valence-electron chi connectivity index (χ3n) is 3.18. The van der Waals surface area contributed by atoms with Crippen LogP contribution in [0.15, 0.2) is 23.8 Å². The molecule has 13 heavy (non-hydrogen) atoms. The zero-order chi connectivity index (χ0) is 9.68. The molecule has 0 N–H and O–H groups in total. The lowest BCUT2D eigenvalue weighted by Crippen LogP contribution is -2.13. The normalized spacial score (nSPS) is 31.2. The molecule has 0 radical (unpaired) electrons. The highest BCUT2D eigenvalue weighted by atomic mass is 14.2. The second kappa shape index (κ2) is 5.26. The van der Waals surface area contributed by atoms with Gasteiger partial charge in [0, 0.05) is 0 Å². The maximum atomic E-state index is 2.38. The Kier molecular flexibility index (Phi) is 4.27. The fourth-order valence-corrected chi connectivity index (χ4v) is 2.25. The van der Waals surface area contributed by atoms with Crippen molar-refractivity contribution in [3.05, 3.63) is 23.8 Å². The second-order valence-electron chi connectivity index (χ2n) is 4.25. The summed E-state index contributed by atoms with van der Waals surface area (Å²) in [4.78, 5) is 0. The third-order valence-corrected chi connectivity index (χ3v) is 3.18. The first-order chi connectivity index (χ1) is 6.27. The van der Waals surface area contributed by atoms with Crippen LogP contribution >= 0.6 is 0 Å². The summed E-state index contributed by atoms with van der Waals surface area (Å²) in [6.07, 6.45) is 12.3. The van der Waals surface area contributed by atoms with Crippen molar-refractivity contribution in [3.8, 4) is 0 Å². The molecule has 1 aliphatic carbocycles. The van der Waals surface area contributed by atoms with E-state index in [1.165, 1.54) is 25.7 Å². The third kappa shape index (κ3) is 3.02. The van der Waals surface area contributed by atoms with Gasteiger partial charge in [-0.2, -0.15) is 0 Å². The maximum Gasteiger partial charge on any atom is -0.0165 e. The van der Waals surface area contributed by atoms with E-state index >= 15 is 0 Å². The topological polar surface area (TPSA) is 0 Å². The summed E-state index contributed by atoms with van der Waals surface area (Å²) in [6.45, 7) is 6.64. The van der Waals surface area contributed by atoms with E-state index in [0.717, 1.165) is 11.8 Å². The van der Waals surface area contributed by atoms with Gasteiger partial charge in [-0.05, 0) is 44.1 Å². The zero-order valence-corrected chi connectivity index (χ0v) is 9.22. The predicted molar refractivity (Wildman–Crippen MR) is 59.7 cm³/mol. The molecule has 74 valence electrons. The van der Waals surface area contributed by atoms with Gasteiger partial charge in [0.2, 0.25) is 0 Å². The van der Waals surface area contributed by atoms with Crippen LogP contribution in [0.25, 0.3) is 0 Å². The Morgan fingerprint density at radius 1 is 1.08 bits per heavy atom. The van der Waals surface area contributed by atoms with Crippen molar-refractivity contribution in [1.29, 1.82) is 0 Å². The number of hydrogen-bond donors (Lipinski definition) is 0. The first-order valence-electron chi connectivity index (χ1n) is 5.56. The van der Waals surface area contributed by atoms with E-state index in [4.69, 9.17) is 0 Å². The first kappa shape index (κ1) is 10.6. The molecule has 0 heteroatoms. The van der Waals surface area contributed by atoms with Gasteiger partial charge in [0.25, 0.3) is 0 Å². The van der Waals surface area contributed by atoms with E-state index < -0.39 is 0 Å². The van der Waals surface area contributed by atoms with Crippen LogP contribution in [0.4, 0.5) is 0 Å². The fraction of sp³-hybridized carbons (Fsp3) is 0.692. The minimum Gasteiger partial charge on any atom is -0.0874 e. The van der Waals surface area contributed by atoms with Gasteiger partial charge in [0.1, 0.15) is 0 Å². The molecule has 0 saturated heterocycles. The summed E-state index contributed by atoms with van der Waals surface area (Å²) in [7, 11) is 0. The van der Waals surface area contributed by atoms with Crippen molar-refractivity contribution in [2.45, 2.75) is 46.5 Å². The van der Waals surface area contributed by atoms with Crippen LogP contribution in [0.1, 0.15) is 46.5 Å². The Bertz CT molecular complexity index is 190. The zero-order valence-electron chi connectivity index (χ0n) is 9.22. The molecule has 0 aliphatic heterocycles. The molecule has 0 aromatic heterocycles. The maximum absolute atomic E-state index is 2.38. The highest BCUT2D eigenvalue weighted by Crippen LogP contribution is 2.33. The lowest BCUT2D eigenvalue weighted by atomic mass is 9.79. The molecule has 0 atom stereocenters. The van der Waals surface area contributed by atoms with Crippen LogP contribution in [-0.4, -0.2) is 0 Å². The molecule has 0 nitrogen and oxygen atoms in total. The van der Waals surface area contributed by atoms with Gasteiger partial charge >= 0.3 is 0 Å². The monoisotopic (exact) mass is 178 g/mol. The minimum absolute atomic E-state index is 0.845. The van der Waals surface area contributed by atoms with Gasteiger partial charge in [0.05, 0.1) is 0 Å². The molecular weight excluding hydrogens is 156 g/mol. The largest absolute Gasteiger partial charge is 0.0874 e. The average molecular weight is 178 g/mol. The van der Waals surface area contributed by atoms with Crippen LogP contribution in [0.5, 0.6) is 0 Å². The van der Waals surface area contributed by atoms with Crippen LogP contribution in [0.2, 0.25) is 0 Å². The van der Waals surface area contributed by atoms with Crippen molar-refractivity contribution >= 4 is 0 Å². The molecule has 0 bridgehead atoms. The smallest absolute Gasteiger partial charge is 0.0165 e. The quantitative estimate of drug-likeness (QED) is 0.552. The average Bonchev–Trinajstić information content (AvgIpc) is 2.16. The van der Waals surface area contributed by atoms with Gasteiger partial charge in [-0.1, -0.05) is 38.0 Å². The Morgan fingerprint density at radius 3 is 2.15 bits per heavy atom. The Morgan fingerprint density at radius 2 is 1.69 bits per heavy atom. The summed E-state index contributed by atoms with van der Waals surface area (Å²) in [5.74, 6) is 1.80. The van der Waals surface area contributed by atoms with Crippen LogP contribution in [0, 0.1) is 11.8 Å². The molecule has 1 saturated carbocycles. The van der Waals surface area contributed by atoms with Crippen LogP contribution in [0.3, 0.4) is 0 Å². The predicted octanol–water partition coefficient (Wildman–Crippen LogP) is 4.34. The van der Waals surface area contributed by atoms with E-state index in [1.54, 1.807) is 5.57 Å². The number of hydrogen-bond acceptors (Lipinski definition) is 0. The Balaban J connectivity index is 2.52. The van der Waals surface area contributed by atoms with Crippen molar-refractivity contribution < 1.29 is 0 Å². The fourth-order valence-electron chi connectivity index (χ4n) is 2.25. The van der Waals surface area contributed by atoms with Crippen molar-refractivity contribution in [2.75, 3.05) is 0 Å². The molecular formula is C13H22. The SMILES string of the molecule is C/C=C\C(=C/C)C1CCC(C)CC1. The first-order valence-corrected chi connectivity index (χ1v) is 5.56. The number of rotatable bonds is 2. The van der Waals surface area contributed by atoms with Crippen LogP contribution in [-0.2, 0) is 0 Å². The van der Waals surface area contributed by atoms with E-state index in [-0.39, 0.29) is 0 Å². The van der Waals surface area contributed by atoms with Gasteiger partial charge in [0.15, 0.2) is 0 Å². The molecule has 1 fully saturated rings. The van der Waals surface area contributed by atoms with Crippen molar-refractivity contribution in [1.82, 2.24) is 0 Å².